The smallest absolute Gasteiger partial charge is 0.108 e. The number of rotatable bonds is 9. The molecule has 1 heterocycles. The topological polar surface area (TPSA) is 15.7 Å². The third-order valence-corrected chi connectivity index (χ3v) is 5.11. The normalized spacial score (nSPS) is 16.2. The molecule has 0 aromatic heterocycles. The van der Waals surface area contributed by atoms with E-state index in [4.69, 9.17) is 4.74 Å². The summed E-state index contributed by atoms with van der Waals surface area (Å²) >= 11 is 0. The zero-order chi connectivity index (χ0) is 18.0. The SMILES string of the molecule is CCCN1CCN(CCCOC(c2ccccc2)c2ccccc2)CC1. The third kappa shape index (κ3) is 5.66. The van der Waals surface area contributed by atoms with Crippen molar-refractivity contribution in [3.8, 4) is 0 Å². The van der Waals surface area contributed by atoms with Crippen LogP contribution in [0.1, 0.15) is 37.0 Å². The van der Waals surface area contributed by atoms with Crippen LogP contribution in [0.4, 0.5) is 0 Å². The van der Waals surface area contributed by atoms with Gasteiger partial charge in [-0.2, -0.15) is 0 Å². The molecular formula is C23H32N2O. The van der Waals surface area contributed by atoms with Crippen LogP contribution in [0.2, 0.25) is 0 Å². The molecule has 0 radical (unpaired) electrons. The highest BCUT2D eigenvalue weighted by Gasteiger charge is 2.17. The van der Waals surface area contributed by atoms with Gasteiger partial charge in [0.15, 0.2) is 0 Å². The van der Waals surface area contributed by atoms with Crippen LogP contribution in [0.25, 0.3) is 0 Å². The van der Waals surface area contributed by atoms with Crippen LogP contribution < -0.4 is 0 Å². The first kappa shape index (κ1) is 19.1. The van der Waals surface area contributed by atoms with E-state index in [1.165, 1.54) is 50.3 Å². The van der Waals surface area contributed by atoms with E-state index in [-0.39, 0.29) is 6.10 Å². The Labute approximate surface area is 158 Å². The van der Waals surface area contributed by atoms with E-state index in [1.807, 2.05) is 0 Å². The van der Waals surface area contributed by atoms with Crippen molar-refractivity contribution >= 4 is 0 Å². The summed E-state index contributed by atoms with van der Waals surface area (Å²) in [6, 6.07) is 21.1. The van der Waals surface area contributed by atoms with Crippen LogP contribution in [0.15, 0.2) is 60.7 Å². The fraction of sp³-hybridized carbons (Fsp3) is 0.478. The van der Waals surface area contributed by atoms with Gasteiger partial charge in [0, 0.05) is 39.3 Å². The molecule has 26 heavy (non-hydrogen) atoms. The molecule has 2 aromatic carbocycles. The van der Waals surface area contributed by atoms with Crippen LogP contribution >= 0.6 is 0 Å². The first-order valence-corrected chi connectivity index (χ1v) is 10.0. The zero-order valence-corrected chi connectivity index (χ0v) is 16.0. The van der Waals surface area contributed by atoms with Gasteiger partial charge in [0.2, 0.25) is 0 Å². The van der Waals surface area contributed by atoms with Gasteiger partial charge in [-0.3, -0.25) is 0 Å². The minimum absolute atomic E-state index is 0.0267. The molecule has 0 aliphatic carbocycles. The second-order valence-corrected chi connectivity index (χ2v) is 7.11. The zero-order valence-electron chi connectivity index (χ0n) is 16.0. The van der Waals surface area contributed by atoms with Crippen molar-refractivity contribution in [3.63, 3.8) is 0 Å². The number of piperazine rings is 1. The molecule has 1 fully saturated rings. The number of hydrogen-bond donors (Lipinski definition) is 0. The molecule has 3 nitrogen and oxygen atoms in total. The van der Waals surface area contributed by atoms with Gasteiger partial charge in [-0.05, 0) is 30.5 Å². The molecule has 1 aliphatic heterocycles. The molecule has 0 amide bonds. The lowest BCUT2D eigenvalue weighted by molar-refractivity contribution is 0.0645. The Hall–Kier alpha value is -1.68. The van der Waals surface area contributed by atoms with Crippen molar-refractivity contribution < 1.29 is 4.74 Å². The van der Waals surface area contributed by atoms with E-state index in [0.717, 1.165) is 19.6 Å². The molecule has 3 heteroatoms. The van der Waals surface area contributed by atoms with E-state index in [0.29, 0.717) is 0 Å². The molecule has 3 rings (SSSR count). The summed E-state index contributed by atoms with van der Waals surface area (Å²) in [7, 11) is 0. The summed E-state index contributed by atoms with van der Waals surface area (Å²) in [5.74, 6) is 0. The Morgan fingerprint density at radius 3 is 1.77 bits per heavy atom. The second kappa shape index (κ2) is 10.5. The van der Waals surface area contributed by atoms with Crippen LogP contribution in [0, 0.1) is 0 Å². The molecule has 0 bridgehead atoms. The first-order valence-electron chi connectivity index (χ1n) is 10.0. The van der Waals surface area contributed by atoms with Crippen LogP contribution in [-0.2, 0) is 4.74 Å². The standard InChI is InChI=1S/C23H32N2O/c1-2-14-24-16-18-25(19-17-24)15-9-20-26-23(21-10-5-3-6-11-21)22-12-7-4-8-13-22/h3-8,10-13,23H,2,9,14-20H2,1H3. The predicted octanol–water partition coefficient (Wildman–Crippen LogP) is 4.21. The maximum absolute atomic E-state index is 6.33. The molecule has 140 valence electrons. The van der Waals surface area contributed by atoms with Crippen molar-refractivity contribution in [2.75, 3.05) is 45.9 Å². The Kier molecular flexibility index (Phi) is 7.68. The van der Waals surface area contributed by atoms with Crippen LogP contribution in [-0.4, -0.2) is 55.7 Å². The molecule has 0 N–H and O–H groups in total. The van der Waals surface area contributed by atoms with Gasteiger partial charge in [0.05, 0.1) is 0 Å². The van der Waals surface area contributed by atoms with Gasteiger partial charge in [-0.1, -0.05) is 67.6 Å². The average molecular weight is 353 g/mol. The molecule has 0 atom stereocenters. The van der Waals surface area contributed by atoms with Crippen LogP contribution in [0.5, 0.6) is 0 Å². The quantitative estimate of drug-likeness (QED) is 0.629. The summed E-state index contributed by atoms with van der Waals surface area (Å²) in [6.07, 6.45) is 2.37. The second-order valence-electron chi connectivity index (χ2n) is 7.11. The highest BCUT2D eigenvalue weighted by molar-refractivity contribution is 5.29. The lowest BCUT2D eigenvalue weighted by atomic mass is 10.0. The number of benzene rings is 2. The molecule has 0 unspecified atom stereocenters. The maximum atomic E-state index is 6.33. The Balaban J connectivity index is 1.47. The van der Waals surface area contributed by atoms with Crippen molar-refractivity contribution in [2.45, 2.75) is 25.9 Å². The Bertz CT molecular complexity index is 569. The van der Waals surface area contributed by atoms with Crippen molar-refractivity contribution in [3.05, 3.63) is 71.8 Å². The van der Waals surface area contributed by atoms with Gasteiger partial charge >= 0.3 is 0 Å². The van der Waals surface area contributed by atoms with E-state index in [9.17, 15) is 0 Å². The van der Waals surface area contributed by atoms with Crippen molar-refractivity contribution in [1.82, 2.24) is 9.80 Å². The average Bonchev–Trinajstić information content (AvgIpc) is 2.71. The van der Waals surface area contributed by atoms with Crippen molar-refractivity contribution in [1.29, 1.82) is 0 Å². The van der Waals surface area contributed by atoms with Gasteiger partial charge in [-0.15, -0.1) is 0 Å². The maximum Gasteiger partial charge on any atom is 0.108 e. The molecule has 1 aliphatic rings. The summed E-state index contributed by atoms with van der Waals surface area (Å²) in [6.45, 7) is 10.3. The molecule has 0 spiro atoms. The largest absolute Gasteiger partial charge is 0.369 e. The lowest BCUT2D eigenvalue weighted by Gasteiger charge is -2.34. The summed E-state index contributed by atoms with van der Waals surface area (Å²) in [4.78, 5) is 5.16. The Morgan fingerprint density at radius 2 is 1.27 bits per heavy atom. The molecule has 2 aromatic rings. The van der Waals surface area contributed by atoms with E-state index in [2.05, 4.69) is 77.4 Å². The van der Waals surface area contributed by atoms with E-state index < -0.39 is 0 Å². The first-order chi connectivity index (χ1) is 12.9. The fourth-order valence-electron chi connectivity index (χ4n) is 3.68. The highest BCUT2D eigenvalue weighted by Crippen LogP contribution is 2.25. The monoisotopic (exact) mass is 352 g/mol. The molecular weight excluding hydrogens is 320 g/mol. The number of nitrogens with zero attached hydrogens (tertiary/aromatic N) is 2. The summed E-state index contributed by atoms with van der Waals surface area (Å²) in [5.41, 5.74) is 2.46. The van der Waals surface area contributed by atoms with Gasteiger partial charge < -0.3 is 14.5 Å². The minimum Gasteiger partial charge on any atom is -0.369 e. The predicted molar refractivity (Wildman–Crippen MR) is 108 cm³/mol. The third-order valence-electron chi connectivity index (χ3n) is 5.11. The van der Waals surface area contributed by atoms with Crippen molar-refractivity contribution in [2.24, 2.45) is 0 Å². The summed E-state index contributed by atoms with van der Waals surface area (Å²) < 4.78 is 6.33. The van der Waals surface area contributed by atoms with E-state index in [1.54, 1.807) is 0 Å². The lowest BCUT2D eigenvalue weighted by Crippen LogP contribution is -2.46. The number of ether oxygens (including phenoxy) is 1. The fourth-order valence-corrected chi connectivity index (χ4v) is 3.68. The summed E-state index contributed by atoms with van der Waals surface area (Å²) in [5, 5.41) is 0. The number of hydrogen-bond acceptors (Lipinski definition) is 3. The van der Waals surface area contributed by atoms with Gasteiger partial charge in [0.1, 0.15) is 6.10 Å². The van der Waals surface area contributed by atoms with Crippen LogP contribution in [0.3, 0.4) is 0 Å². The Morgan fingerprint density at radius 1 is 0.769 bits per heavy atom. The molecule has 0 saturated carbocycles. The van der Waals surface area contributed by atoms with Gasteiger partial charge in [0.25, 0.3) is 0 Å². The molecule has 1 saturated heterocycles. The minimum atomic E-state index is 0.0267. The van der Waals surface area contributed by atoms with E-state index >= 15 is 0 Å². The van der Waals surface area contributed by atoms with Gasteiger partial charge in [-0.25, -0.2) is 0 Å². The highest BCUT2D eigenvalue weighted by atomic mass is 16.5.